The van der Waals surface area contributed by atoms with Crippen LogP contribution in [0.15, 0.2) is 22.7 Å². The van der Waals surface area contributed by atoms with Crippen molar-refractivity contribution in [1.82, 2.24) is 0 Å². The molecule has 0 aliphatic heterocycles. The summed E-state index contributed by atoms with van der Waals surface area (Å²) < 4.78 is 1.14. The molecule has 21 heavy (non-hydrogen) atoms. The van der Waals surface area contributed by atoms with Gasteiger partial charge in [0.1, 0.15) is 0 Å². The first-order chi connectivity index (χ1) is 10.0. The molecule has 2 rings (SSSR count). The molecular weight excluding hydrogens is 324 g/mol. The van der Waals surface area contributed by atoms with Crippen LogP contribution >= 0.6 is 15.9 Å². The highest BCUT2D eigenvalue weighted by atomic mass is 79.9. The Bertz CT molecular complexity index is 451. The lowest BCUT2D eigenvalue weighted by Crippen LogP contribution is -2.36. The number of nitrogens with zero attached hydrogens (tertiary/aromatic N) is 1. The third-order valence-electron chi connectivity index (χ3n) is 4.90. The molecule has 0 aromatic heterocycles. The molecule has 0 radical (unpaired) electrons. The van der Waals surface area contributed by atoms with Crippen molar-refractivity contribution >= 4 is 21.6 Å². The first-order valence-electron chi connectivity index (χ1n) is 8.28. The van der Waals surface area contributed by atoms with E-state index < -0.39 is 0 Å². The van der Waals surface area contributed by atoms with Crippen molar-refractivity contribution in [3.63, 3.8) is 0 Å². The van der Waals surface area contributed by atoms with Gasteiger partial charge in [-0.25, -0.2) is 0 Å². The summed E-state index contributed by atoms with van der Waals surface area (Å²) >= 11 is 3.59. The molecule has 0 amide bonds. The number of nitrogens with two attached hydrogens (primary N) is 1. The van der Waals surface area contributed by atoms with Crippen LogP contribution < -0.4 is 10.6 Å². The van der Waals surface area contributed by atoms with E-state index in [1.165, 1.54) is 43.4 Å². The van der Waals surface area contributed by atoms with Crippen LogP contribution in [0.25, 0.3) is 0 Å². The molecule has 3 heteroatoms. The van der Waals surface area contributed by atoms with Crippen LogP contribution in [-0.2, 0) is 6.42 Å². The summed E-state index contributed by atoms with van der Waals surface area (Å²) in [5.41, 5.74) is 8.74. The van der Waals surface area contributed by atoms with Crippen LogP contribution in [0.4, 0.5) is 5.69 Å². The largest absolute Gasteiger partial charge is 0.371 e. The molecule has 1 aromatic rings. The molecule has 2 nitrogen and oxygen atoms in total. The second-order valence-electron chi connectivity index (χ2n) is 6.65. The second kappa shape index (κ2) is 7.64. The Kier molecular flexibility index (Phi) is 6.12. The van der Waals surface area contributed by atoms with Gasteiger partial charge in [0.2, 0.25) is 0 Å². The molecule has 0 saturated heterocycles. The molecule has 0 bridgehead atoms. The lowest BCUT2D eigenvalue weighted by atomic mass is 9.84. The Morgan fingerprint density at radius 1 is 1.29 bits per heavy atom. The maximum atomic E-state index is 6.02. The van der Waals surface area contributed by atoms with Crippen molar-refractivity contribution in [3.8, 4) is 0 Å². The monoisotopic (exact) mass is 352 g/mol. The van der Waals surface area contributed by atoms with E-state index >= 15 is 0 Å². The van der Waals surface area contributed by atoms with Crippen LogP contribution in [-0.4, -0.2) is 19.1 Å². The number of hydrogen-bond donors (Lipinski definition) is 1. The van der Waals surface area contributed by atoms with Crippen LogP contribution in [0.5, 0.6) is 0 Å². The number of halogens is 1. The fraction of sp³-hybridized carbons (Fsp3) is 0.667. The summed E-state index contributed by atoms with van der Waals surface area (Å²) in [5, 5.41) is 0. The normalized spacial score (nSPS) is 23.9. The van der Waals surface area contributed by atoms with Crippen LogP contribution in [0.2, 0.25) is 0 Å². The molecule has 1 atom stereocenters. The smallest absolute Gasteiger partial charge is 0.0400 e. The highest BCUT2D eigenvalue weighted by Gasteiger charge is 2.24. The summed E-state index contributed by atoms with van der Waals surface area (Å²) in [6.45, 7) is 4.40. The summed E-state index contributed by atoms with van der Waals surface area (Å²) in [4.78, 5) is 2.50. The Morgan fingerprint density at radius 3 is 2.52 bits per heavy atom. The van der Waals surface area contributed by atoms with Crippen molar-refractivity contribution < 1.29 is 0 Å². The van der Waals surface area contributed by atoms with E-state index in [-0.39, 0.29) is 6.04 Å². The van der Waals surface area contributed by atoms with Gasteiger partial charge in [-0.05, 0) is 68.7 Å². The zero-order valence-electron chi connectivity index (χ0n) is 13.6. The number of anilines is 1. The van der Waals surface area contributed by atoms with Gasteiger partial charge < -0.3 is 10.6 Å². The van der Waals surface area contributed by atoms with E-state index in [0.717, 1.165) is 16.8 Å². The van der Waals surface area contributed by atoms with Gasteiger partial charge >= 0.3 is 0 Å². The summed E-state index contributed by atoms with van der Waals surface area (Å²) in [5.74, 6) is 0.947. The Hall–Kier alpha value is -0.540. The minimum atomic E-state index is 0.197. The summed E-state index contributed by atoms with van der Waals surface area (Å²) in [6, 6.07) is 7.50. The van der Waals surface area contributed by atoms with Crippen LogP contribution in [0, 0.1) is 5.92 Å². The standard InChI is InChI=1S/C18H29BrN2/c1-4-14-5-8-17(9-6-14)21(3)18-10-7-16(19)12-15(18)11-13(2)20/h7,10,12-14,17H,4-6,8-9,11,20H2,1-3H3. The molecule has 2 N–H and O–H groups in total. The average molecular weight is 353 g/mol. The molecule has 1 saturated carbocycles. The fourth-order valence-corrected chi connectivity index (χ4v) is 3.95. The lowest BCUT2D eigenvalue weighted by molar-refractivity contribution is 0.313. The number of rotatable bonds is 5. The first kappa shape index (κ1) is 16.8. The molecular formula is C18H29BrN2. The van der Waals surface area contributed by atoms with Crippen molar-refractivity contribution in [3.05, 3.63) is 28.2 Å². The minimum absolute atomic E-state index is 0.197. The van der Waals surface area contributed by atoms with Gasteiger partial charge in [-0.3, -0.25) is 0 Å². The topological polar surface area (TPSA) is 29.3 Å². The van der Waals surface area contributed by atoms with Gasteiger partial charge in [-0.2, -0.15) is 0 Å². The molecule has 118 valence electrons. The summed E-state index contributed by atoms with van der Waals surface area (Å²) in [6.07, 6.45) is 7.68. The fourth-order valence-electron chi connectivity index (χ4n) is 3.55. The van der Waals surface area contributed by atoms with E-state index in [0.29, 0.717) is 6.04 Å². The molecule has 1 aliphatic rings. The van der Waals surface area contributed by atoms with E-state index in [1.54, 1.807) is 0 Å². The molecule has 0 spiro atoms. The quantitative estimate of drug-likeness (QED) is 0.828. The zero-order valence-corrected chi connectivity index (χ0v) is 15.2. The van der Waals surface area contributed by atoms with Crippen LogP contribution in [0.3, 0.4) is 0 Å². The van der Waals surface area contributed by atoms with E-state index in [4.69, 9.17) is 5.73 Å². The highest BCUT2D eigenvalue weighted by molar-refractivity contribution is 9.10. The van der Waals surface area contributed by atoms with Crippen molar-refractivity contribution in [1.29, 1.82) is 0 Å². The van der Waals surface area contributed by atoms with Gasteiger partial charge in [0, 0.05) is 29.3 Å². The van der Waals surface area contributed by atoms with Crippen LogP contribution in [0.1, 0.15) is 51.5 Å². The van der Waals surface area contributed by atoms with E-state index in [1.807, 2.05) is 0 Å². The molecule has 0 heterocycles. The molecule has 1 aliphatic carbocycles. The Morgan fingerprint density at radius 2 is 1.95 bits per heavy atom. The van der Waals surface area contributed by atoms with Gasteiger partial charge in [0.25, 0.3) is 0 Å². The van der Waals surface area contributed by atoms with Crippen molar-refractivity contribution in [2.45, 2.75) is 64.5 Å². The minimum Gasteiger partial charge on any atom is -0.371 e. The van der Waals surface area contributed by atoms with Gasteiger partial charge in [0.15, 0.2) is 0 Å². The van der Waals surface area contributed by atoms with Gasteiger partial charge in [-0.1, -0.05) is 29.3 Å². The maximum Gasteiger partial charge on any atom is 0.0400 e. The Labute approximate surface area is 138 Å². The van der Waals surface area contributed by atoms with Gasteiger partial charge in [0.05, 0.1) is 0 Å². The first-order valence-corrected chi connectivity index (χ1v) is 9.07. The average Bonchev–Trinajstić information content (AvgIpc) is 2.46. The van der Waals surface area contributed by atoms with E-state index in [9.17, 15) is 0 Å². The number of benzene rings is 1. The SMILES string of the molecule is CCC1CCC(N(C)c2ccc(Br)cc2CC(C)N)CC1. The Balaban J connectivity index is 2.13. The third-order valence-corrected chi connectivity index (χ3v) is 5.40. The lowest BCUT2D eigenvalue weighted by Gasteiger charge is -2.37. The number of hydrogen-bond acceptors (Lipinski definition) is 2. The van der Waals surface area contributed by atoms with Crippen molar-refractivity contribution in [2.75, 3.05) is 11.9 Å². The molecule has 1 unspecified atom stereocenters. The summed E-state index contributed by atoms with van der Waals surface area (Å²) in [7, 11) is 2.25. The molecule has 1 fully saturated rings. The highest BCUT2D eigenvalue weighted by Crippen LogP contribution is 2.33. The van der Waals surface area contributed by atoms with E-state index in [2.05, 4.69) is 59.9 Å². The zero-order chi connectivity index (χ0) is 15.4. The molecule has 1 aromatic carbocycles. The third kappa shape index (κ3) is 4.46. The van der Waals surface area contributed by atoms with Crippen molar-refractivity contribution in [2.24, 2.45) is 11.7 Å². The maximum absolute atomic E-state index is 6.02. The predicted octanol–water partition coefficient (Wildman–Crippen LogP) is 4.74. The second-order valence-corrected chi connectivity index (χ2v) is 7.56. The predicted molar refractivity (Wildman–Crippen MR) is 95.9 cm³/mol. The van der Waals surface area contributed by atoms with Gasteiger partial charge in [-0.15, -0.1) is 0 Å².